The number of nitrogens with zero attached hydrogens (tertiary/aromatic N) is 1. The summed E-state index contributed by atoms with van der Waals surface area (Å²) in [5.74, 6) is 2.57. The first-order chi connectivity index (χ1) is 13.2. The highest BCUT2D eigenvalue weighted by atomic mass is 16.7. The molecule has 0 N–H and O–H groups in total. The van der Waals surface area contributed by atoms with Gasteiger partial charge in [0.05, 0.1) is 17.9 Å². The molecule has 3 heterocycles. The van der Waals surface area contributed by atoms with Gasteiger partial charge in [0.1, 0.15) is 0 Å². The van der Waals surface area contributed by atoms with Crippen LogP contribution in [0.1, 0.15) is 80.1 Å². The summed E-state index contributed by atoms with van der Waals surface area (Å²) in [6.07, 6.45) is 6.83. The average Bonchev–Trinajstić information content (AvgIpc) is 3.18. The number of cyclic esters (lactones) is 1. The summed E-state index contributed by atoms with van der Waals surface area (Å²) in [4.78, 5) is 15.6. The van der Waals surface area contributed by atoms with Gasteiger partial charge in [0, 0.05) is 11.6 Å². The van der Waals surface area contributed by atoms with Crippen molar-refractivity contribution in [3.8, 4) is 0 Å². The topological polar surface area (TPSA) is 38.8 Å². The Morgan fingerprint density at radius 1 is 1.14 bits per heavy atom. The van der Waals surface area contributed by atoms with Crippen molar-refractivity contribution in [2.24, 2.45) is 35.5 Å². The number of hydrogen-bond donors (Lipinski definition) is 0. The number of rotatable bonds is 3. The van der Waals surface area contributed by atoms with Gasteiger partial charge in [-0.1, -0.05) is 34.1 Å². The van der Waals surface area contributed by atoms with Crippen LogP contribution >= 0.6 is 0 Å². The van der Waals surface area contributed by atoms with Gasteiger partial charge in [-0.2, -0.15) is 0 Å². The Bertz CT molecular complexity index is 588. The van der Waals surface area contributed by atoms with Gasteiger partial charge in [-0.25, -0.2) is 0 Å². The molecule has 0 radical (unpaired) electrons. The average molecular weight is 392 g/mol. The highest BCUT2D eigenvalue weighted by molar-refractivity contribution is 5.75. The molecule has 1 aliphatic carbocycles. The van der Waals surface area contributed by atoms with Crippen LogP contribution in [0.5, 0.6) is 0 Å². The highest BCUT2D eigenvalue weighted by Crippen LogP contribution is 2.50. The van der Waals surface area contributed by atoms with Crippen molar-refractivity contribution in [2.45, 2.75) is 104 Å². The maximum atomic E-state index is 12.9. The van der Waals surface area contributed by atoms with Crippen LogP contribution in [0.3, 0.4) is 0 Å². The zero-order chi connectivity index (χ0) is 20.2. The molecule has 0 unspecified atom stereocenters. The van der Waals surface area contributed by atoms with E-state index in [1.807, 2.05) is 0 Å². The molecule has 3 aliphatic heterocycles. The predicted molar refractivity (Wildman–Crippen MR) is 111 cm³/mol. The van der Waals surface area contributed by atoms with E-state index in [-0.39, 0.29) is 35.7 Å². The molecular formula is C24H41NO3. The molecule has 0 bridgehead atoms. The largest absolute Gasteiger partial charge is 0.435 e. The third-order valence-electron chi connectivity index (χ3n) is 8.88. The van der Waals surface area contributed by atoms with Crippen molar-refractivity contribution in [3.05, 3.63) is 0 Å². The first kappa shape index (κ1) is 20.7. The maximum Gasteiger partial charge on any atom is 0.311 e. The lowest BCUT2D eigenvalue weighted by Crippen LogP contribution is -2.52. The lowest BCUT2D eigenvalue weighted by Gasteiger charge is -2.44. The first-order valence-electron chi connectivity index (χ1n) is 11.8. The summed E-state index contributed by atoms with van der Waals surface area (Å²) in [5.41, 5.74) is 0.135. The Morgan fingerprint density at radius 2 is 1.89 bits per heavy atom. The lowest BCUT2D eigenvalue weighted by atomic mass is 9.75. The molecule has 0 amide bonds. The fraction of sp³-hybridized carbons (Fsp3) is 0.958. The minimum absolute atomic E-state index is 0.00338. The number of hydrogen-bond acceptors (Lipinski definition) is 4. The fourth-order valence-corrected chi connectivity index (χ4v) is 6.75. The van der Waals surface area contributed by atoms with E-state index < -0.39 is 0 Å². The molecule has 0 aromatic rings. The molecule has 4 fully saturated rings. The van der Waals surface area contributed by atoms with Crippen LogP contribution in [0.15, 0.2) is 0 Å². The highest BCUT2D eigenvalue weighted by Gasteiger charge is 2.58. The third kappa shape index (κ3) is 3.43. The monoisotopic (exact) mass is 391 g/mol. The molecule has 4 aliphatic rings. The molecule has 160 valence electrons. The molecule has 4 rings (SSSR count). The van der Waals surface area contributed by atoms with Gasteiger partial charge in [0.15, 0.2) is 0 Å². The Kier molecular flexibility index (Phi) is 5.59. The first-order valence-corrected chi connectivity index (χ1v) is 11.8. The van der Waals surface area contributed by atoms with E-state index in [4.69, 9.17) is 9.47 Å². The van der Waals surface area contributed by atoms with Crippen LogP contribution in [0.2, 0.25) is 0 Å². The summed E-state index contributed by atoms with van der Waals surface area (Å²) >= 11 is 0. The minimum atomic E-state index is -0.347. The molecule has 4 nitrogen and oxygen atoms in total. The van der Waals surface area contributed by atoms with Crippen LogP contribution in [-0.2, 0) is 14.3 Å². The third-order valence-corrected chi connectivity index (χ3v) is 8.88. The summed E-state index contributed by atoms with van der Waals surface area (Å²) in [5, 5.41) is 0. The Labute approximate surface area is 171 Å². The van der Waals surface area contributed by atoms with Gasteiger partial charge in [0.25, 0.3) is 0 Å². The Hall–Kier alpha value is -0.610. The second-order valence-corrected chi connectivity index (χ2v) is 11.2. The lowest BCUT2D eigenvalue weighted by molar-refractivity contribution is -0.201. The molecule has 1 saturated carbocycles. The van der Waals surface area contributed by atoms with Gasteiger partial charge >= 0.3 is 5.97 Å². The van der Waals surface area contributed by atoms with E-state index >= 15 is 0 Å². The van der Waals surface area contributed by atoms with E-state index in [1.165, 1.54) is 25.7 Å². The van der Waals surface area contributed by atoms with Gasteiger partial charge in [-0.3, -0.25) is 9.69 Å². The van der Waals surface area contributed by atoms with Crippen LogP contribution in [-0.4, -0.2) is 41.4 Å². The van der Waals surface area contributed by atoms with Gasteiger partial charge in [0.2, 0.25) is 6.29 Å². The standard InChI is InChI=1S/C24H41NO3/c1-14(2)17-10-9-15(3)12-20(17)27-23-21-18(22(26)28-23)13-16(4)24(5,6)25-11-7-8-19(21)25/h14-21,23H,7-13H2,1-6H3/t15-,16+,17+,18+,19-,20-,21+,23-/m1/s1. The number of ether oxygens (including phenoxy) is 2. The van der Waals surface area contributed by atoms with Crippen molar-refractivity contribution in [2.75, 3.05) is 6.54 Å². The SMILES string of the molecule is CC(C)[C@@H]1CC[C@@H](C)C[C@H]1O[C@@H]1OC(=O)[C@H]2C[C@H](C)C(C)(C)N3CCC[C@@H]3[C@@H]12. The summed E-state index contributed by atoms with van der Waals surface area (Å²) in [7, 11) is 0. The summed E-state index contributed by atoms with van der Waals surface area (Å²) < 4.78 is 12.7. The number of fused-ring (bicyclic) bond motifs is 3. The van der Waals surface area contributed by atoms with E-state index in [9.17, 15) is 4.79 Å². The van der Waals surface area contributed by atoms with E-state index in [0.717, 1.165) is 19.4 Å². The maximum absolute atomic E-state index is 12.9. The second-order valence-electron chi connectivity index (χ2n) is 11.2. The molecule has 3 saturated heterocycles. The quantitative estimate of drug-likeness (QED) is 0.644. The number of esters is 1. The molecule has 0 aromatic carbocycles. The van der Waals surface area contributed by atoms with Gasteiger partial charge in [-0.15, -0.1) is 0 Å². The number of carbonyl (C=O) groups excluding carboxylic acids is 1. The Morgan fingerprint density at radius 3 is 2.61 bits per heavy atom. The van der Waals surface area contributed by atoms with Crippen molar-refractivity contribution in [1.29, 1.82) is 0 Å². The van der Waals surface area contributed by atoms with E-state index in [0.29, 0.717) is 29.7 Å². The van der Waals surface area contributed by atoms with Gasteiger partial charge < -0.3 is 9.47 Å². The smallest absolute Gasteiger partial charge is 0.311 e. The van der Waals surface area contributed by atoms with Crippen molar-refractivity contribution in [1.82, 2.24) is 4.90 Å². The molecular weight excluding hydrogens is 350 g/mol. The van der Waals surface area contributed by atoms with E-state index in [1.54, 1.807) is 0 Å². The molecule has 4 heteroatoms. The molecule has 0 spiro atoms. The van der Waals surface area contributed by atoms with Crippen molar-refractivity contribution < 1.29 is 14.3 Å². The van der Waals surface area contributed by atoms with Gasteiger partial charge in [-0.05, 0) is 76.2 Å². The normalized spacial score (nSPS) is 46.2. The van der Waals surface area contributed by atoms with Crippen LogP contribution in [0.25, 0.3) is 0 Å². The minimum Gasteiger partial charge on any atom is -0.435 e. The Balaban J connectivity index is 1.59. The predicted octanol–water partition coefficient (Wildman–Crippen LogP) is 4.86. The summed E-state index contributed by atoms with van der Waals surface area (Å²) in [6, 6.07) is 0.417. The second kappa shape index (κ2) is 7.58. The summed E-state index contributed by atoms with van der Waals surface area (Å²) in [6.45, 7) is 15.2. The zero-order valence-electron chi connectivity index (χ0n) is 18.8. The fourth-order valence-electron chi connectivity index (χ4n) is 6.75. The van der Waals surface area contributed by atoms with Crippen LogP contribution in [0, 0.1) is 35.5 Å². The molecule has 8 atom stereocenters. The zero-order valence-corrected chi connectivity index (χ0v) is 18.8. The molecule has 0 aromatic heterocycles. The number of carbonyl (C=O) groups is 1. The molecule has 28 heavy (non-hydrogen) atoms. The van der Waals surface area contributed by atoms with Crippen LogP contribution in [0.4, 0.5) is 0 Å². The van der Waals surface area contributed by atoms with E-state index in [2.05, 4.69) is 46.4 Å². The van der Waals surface area contributed by atoms with Crippen molar-refractivity contribution >= 4 is 5.97 Å². The van der Waals surface area contributed by atoms with Crippen molar-refractivity contribution in [3.63, 3.8) is 0 Å². The van der Waals surface area contributed by atoms with Crippen LogP contribution < -0.4 is 0 Å².